The van der Waals surface area contributed by atoms with E-state index in [1.54, 1.807) is 36.5 Å². The predicted molar refractivity (Wildman–Crippen MR) is 139 cm³/mol. The monoisotopic (exact) mass is 515 g/mol. The summed E-state index contributed by atoms with van der Waals surface area (Å²) in [6.45, 7) is 0. The van der Waals surface area contributed by atoms with Crippen LogP contribution in [0, 0.1) is 0 Å². The molecule has 0 unspecified atom stereocenters. The van der Waals surface area contributed by atoms with Crippen LogP contribution < -0.4 is 15.8 Å². The third-order valence-corrected chi connectivity index (χ3v) is 6.21. The number of rotatable bonds is 5. The second-order valence-corrected chi connectivity index (χ2v) is 8.57. The Hall–Kier alpha value is -4.92. The van der Waals surface area contributed by atoms with E-state index in [4.69, 9.17) is 10.5 Å². The molecule has 0 radical (unpaired) electrons. The molecule has 5 aromatic rings. The van der Waals surface area contributed by atoms with Crippen molar-refractivity contribution in [1.29, 1.82) is 0 Å². The Labute approximate surface area is 214 Å². The lowest BCUT2D eigenvalue weighted by Crippen LogP contribution is -2.13. The molecule has 3 N–H and O–H groups in total. The van der Waals surface area contributed by atoms with Crippen LogP contribution >= 0.6 is 0 Å². The van der Waals surface area contributed by atoms with Crippen LogP contribution in [0.2, 0.25) is 0 Å². The number of nitrogens with one attached hydrogen (secondary N) is 1. The van der Waals surface area contributed by atoms with E-state index >= 15 is 0 Å². The minimum atomic E-state index is -4.52. The molecule has 4 aromatic carbocycles. The Bertz CT molecular complexity index is 1730. The van der Waals surface area contributed by atoms with Gasteiger partial charge in [0.15, 0.2) is 0 Å². The van der Waals surface area contributed by atoms with Crippen LogP contribution in [0.5, 0.6) is 5.75 Å². The molecule has 1 aromatic heterocycles. The maximum Gasteiger partial charge on any atom is 0.416 e. The van der Waals surface area contributed by atoms with E-state index in [9.17, 15) is 22.8 Å². The van der Waals surface area contributed by atoms with Crippen LogP contribution in [0.3, 0.4) is 0 Å². The number of halogens is 3. The summed E-state index contributed by atoms with van der Waals surface area (Å²) >= 11 is 0. The van der Waals surface area contributed by atoms with E-state index in [2.05, 4.69) is 10.3 Å². The summed E-state index contributed by atoms with van der Waals surface area (Å²) in [5.41, 5.74) is 7.48. The van der Waals surface area contributed by atoms with Crippen LogP contribution in [0.4, 0.5) is 18.9 Å². The lowest BCUT2D eigenvalue weighted by Gasteiger charge is -2.13. The topological polar surface area (TPSA) is 94.3 Å². The highest BCUT2D eigenvalue weighted by Crippen LogP contribution is 2.35. The van der Waals surface area contributed by atoms with E-state index in [1.807, 2.05) is 24.3 Å². The minimum Gasteiger partial charge on any atom is -0.496 e. The molecule has 1 heterocycles. The van der Waals surface area contributed by atoms with E-state index in [1.165, 1.54) is 19.2 Å². The molecule has 2 amide bonds. The molecule has 0 aliphatic carbocycles. The standard InChI is InChI=1S/C29H20F3N3O3/c1-38-26-15-25-23(14-24(26)27(33)36)21(10-11-34-25)17-8-9-20-16(12-17)4-2-7-22(20)28(37)35-19-6-3-5-18(13-19)29(30,31)32/h2-15H,1H3,(H2,33,36)(H,35,37). The van der Waals surface area contributed by atoms with Gasteiger partial charge in [0, 0.05) is 28.9 Å². The van der Waals surface area contributed by atoms with Crippen molar-refractivity contribution in [2.24, 2.45) is 5.73 Å². The Balaban J connectivity index is 1.54. The fourth-order valence-electron chi connectivity index (χ4n) is 4.41. The molecule has 0 aliphatic rings. The molecule has 0 fully saturated rings. The normalized spacial score (nSPS) is 11.5. The number of ether oxygens (including phenoxy) is 1. The summed E-state index contributed by atoms with van der Waals surface area (Å²) in [6, 6.07) is 20.2. The molecule has 0 spiro atoms. The van der Waals surface area contributed by atoms with Crippen molar-refractivity contribution in [3.8, 4) is 16.9 Å². The second-order valence-electron chi connectivity index (χ2n) is 8.57. The van der Waals surface area contributed by atoms with Gasteiger partial charge in [0.25, 0.3) is 11.8 Å². The van der Waals surface area contributed by atoms with Gasteiger partial charge in [-0.05, 0) is 64.4 Å². The number of benzene rings is 4. The summed E-state index contributed by atoms with van der Waals surface area (Å²) in [6.07, 6.45) is -2.87. The van der Waals surface area contributed by atoms with Gasteiger partial charge < -0.3 is 15.8 Å². The number of pyridine rings is 1. The van der Waals surface area contributed by atoms with Crippen molar-refractivity contribution in [2.45, 2.75) is 6.18 Å². The fourth-order valence-corrected chi connectivity index (χ4v) is 4.41. The lowest BCUT2D eigenvalue weighted by molar-refractivity contribution is -0.137. The van der Waals surface area contributed by atoms with Crippen LogP contribution in [-0.2, 0) is 6.18 Å². The summed E-state index contributed by atoms with van der Waals surface area (Å²) in [5.74, 6) is -0.840. The molecule has 5 rings (SSSR count). The van der Waals surface area contributed by atoms with Gasteiger partial charge in [-0.3, -0.25) is 14.6 Å². The summed E-state index contributed by atoms with van der Waals surface area (Å²) in [7, 11) is 1.45. The smallest absolute Gasteiger partial charge is 0.416 e. The van der Waals surface area contributed by atoms with Crippen molar-refractivity contribution in [2.75, 3.05) is 12.4 Å². The first-order chi connectivity index (χ1) is 18.2. The van der Waals surface area contributed by atoms with Gasteiger partial charge in [-0.1, -0.05) is 30.3 Å². The van der Waals surface area contributed by atoms with Gasteiger partial charge >= 0.3 is 6.18 Å². The zero-order valence-electron chi connectivity index (χ0n) is 20.0. The number of hydrogen-bond donors (Lipinski definition) is 2. The molecule has 0 atom stereocenters. The highest BCUT2D eigenvalue weighted by atomic mass is 19.4. The van der Waals surface area contributed by atoms with Gasteiger partial charge in [0.05, 0.1) is 23.8 Å². The number of nitrogens with two attached hydrogens (primary N) is 1. The number of carbonyl (C=O) groups excluding carboxylic acids is 2. The minimum absolute atomic E-state index is 0.0439. The van der Waals surface area contributed by atoms with Crippen LogP contribution in [0.15, 0.2) is 85.1 Å². The molecule has 190 valence electrons. The number of anilines is 1. The highest BCUT2D eigenvalue weighted by molar-refractivity contribution is 6.13. The first-order valence-corrected chi connectivity index (χ1v) is 11.4. The Kier molecular flexibility index (Phi) is 6.20. The van der Waals surface area contributed by atoms with Crippen molar-refractivity contribution < 1.29 is 27.5 Å². The SMILES string of the molecule is COc1cc2nccc(-c3ccc4c(C(=O)Nc5cccc(C(F)(F)F)c5)cccc4c3)c2cc1C(N)=O. The number of amides is 2. The first-order valence-electron chi connectivity index (χ1n) is 11.4. The zero-order chi connectivity index (χ0) is 27.0. The number of fused-ring (bicyclic) bond motifs is 2. The number of methoxy groups -OCH3 is 1. The third kappa shape index (κ3) is 4.61. The number of alkyl halides is 3. The second kappa shape index (κ2) is 9.51. The van der Waals surface area contributed by atoms with Gasteiger partial charge in [-0.15, -0.1) is 0 Å². The summed E-state index contributed by atoms with van der Waals surface area (Å²) in [5, 5.41) is 4.62. The lowest BCUT2D eigenvalue weighted by atomic mass is 9.95. The maximum absolute atomic E-state index is 13.1. The van der Waals surface area contributed by atoms with E-state index < -0.39 is 23.6 Å². The maximum atomic E-state index is 13.1. The highest BCUT2D eigenvalue weighted by Gasteiger charge is 2.30. The Morgan fingerprint density at radius 2 is 1.68 bits per heavy atom. The molecular weight excluding hydrogens is 495 g/mol. The number of nitrogens with zero attached hydrogens (tertiary/aromatic N) is 1. The summed E-state index contributed by atoms with van der Waals surface area (Å²) < 4.78 is 44.5. The molecule has 0 saturated carbocycles. The van der Waals surface area contributed by atoms with Crippen molar-refractivity contribution in [3.63, 3.8) is 0 Å². The fraction of sp³-hybridized carbons (Fsp3) is 0.0690. The number of carbonyl (C=O) groups is 2. The van der Waals surface area contributed by atoms with E-state index in [-0.39, 0.29) is 11.3 Å². The largest absolute Gasteiger partial charge is 0.496 e. The first kappa shape index (κ1) is 24.8. The number of aromatic nitrogens is 1. The molecule has 9 heteroatoms. The molecular formula is C29H20F3N3O3. The molecule has 0 aliphatic heterocycles. The van der Waals surface area contributed by atoms with Crippen LogP contribution in [-0.4, -0.2) is 23.9 Å². The van der Waals surface area contributed by atoms with Crippen molar-refractivity contribution in [3.05, 3.63) is 102 Å². The van der Waals surface area contributed by atoms with E-state index in [0.717, 1.165) is 28.6 Å². The molecule has 0 bridgehead atoms. The average Bonchev–Trinajstić information content (AvgIpc) is 2.90. The molecule has 0 saturated heterocycles. The Morgan fingerprint density at radius 3 is 2.42 bits per heavy atom. The van der Waals surface area contributed by atoms with Gasteiger partial charge in [0.1, 0.15) is 5.75 Å². The Morgan fingerprint density at radius 1 is 0.895 bits per heavy atom. The quantitative estimate of drug-likeness (QED) is 0.282. The number of hydrogen-bond acceptors (Lipinski definition) is 4. The molecule has 38 heavy (non-hydrogen) atoms. The molecule has 6 nitrogen and oxygen atoms in total. The van der Waals surface area contributed by atoms with Crippen LogP contribution in [0.25, 0.3) is 32.8 Å². The van der Waals surface area contributed by atoms with Gasteiger partial charge in [-0.25, -0.2) is 0 Å². The van der Waals surface area contributed by atoms with Gasteiger partial charge in [0.2, 0.25) is 0 Å². The van der Waals surface area contributed by atoms with Crippen molar-refractivity contribution >= 4 is 39.2 Å². The third-order valence-electron chi connectivity index (χ3n) is 6.21. The number of primary amides is 1. The van der Waals surface area contributed by atoms with Crippen LogP contribution in [0.1, 0.15) is 26.3 Å². The predicted octanol–water partition coefficient (Wildman–Crippen LogP) is 6.43. The zero-order valence-corrected chi connectivity index (χ0v) is 20.0. The summed E-state index contributed by atoms with van der Waals surface area (Å²) in [4.78, 5) is 29.4. The average molecular weight is 515 g/mol. The van der Waals surface area contributed by atoms with E-state index in [0.29, 0.717) is 27.6 Å². The van der Waals surface area contributed by atoms with Crippen molar-refractivity contribution in [1.82, 2.24) is 4.98 Å². The van der Waals surface area contributed by atoms with Gasteiger partial charge in [-0.2, -0.15) is 13.2 Å².